The van der Waals surface area contributed by atoms with Crippen LogP contribution < -0.4 is 0 Å². The molecule has 0 aromatic heterocycles. The first-order chi connectivity index (χ1) is 20.3. The van der Waals surface area contributed by atoms with Crippen LogP contribution in [0, 0.1) is 5.92 Å². The molecule has 0 bridgehead atoms. The number of Topliss-reactive ketones (excluding diaryl/α,β-unsaturated/α-hetero) is 2. The molecule has 2 saturated heterocycles. The lowest BCUT2D eigenvalue weighted by Crippen LogP contribution is -2.31. The topological polar surface area (TPSA) is 110 Å². The number of ether oxygens (including phenoxy) is 2. The second-order valence-electron chi connectivity index (χ2n) is 13.2. The Morgan fingerprint density at radius 1 is 0.762 bits per heavy atom. The number of ketones is 2. The maximum atomic E-state index is 12.2. The van der Waals surface area contributed by atoms with Gasteiger partial charge in [0, 0.05) is 19.3 Å². The molecule has 0 aromatic rings. The predicted molar refractivity (Wildman–Crippen MR) is 166 cm³/mol. The molecule has 7 nitrogen and oxygen atoms in total. The Morgan fingerprint density at radius 3 is 1.79 bits per heavy atom. The van der Waals surface area contributed by atoms with Gasteiger partial charge >= 0.3 is 5.97 Å². The number of cyclic esters (lactones) is 1. The minimum atomic E-state index is -0.471. The third kappa shape index (κ3) is 16.0. The highest BCUT2D eigenvalue weighted by molar-refractivity contribution is 5.84. The number of aliphatic hydroxyl groups excluding tert-OH is 2. The van der Waals surface area contributed by atoms with E-state index in [9.17, 15) is 24.6 Å². The molecule has 2 aliphatic rings. The minimum absolute atomic E-state index is 0.00597. The van der Waals surface area contributed by atoms with Crippen molar-refractivity contribution < 1.29 is 34.1 Å². The van der Waals surface area contributed by atoms with Gasteiger partial charge in [-0.25, -0.2) is 0 Å². The van der Waals surface area contributed by atoms with E-state index in [4.69, 9.17) is 9.47 Å². The highest BCUT2D eigenvalue weighted by Gasteiger charge is 2.35. The highest BCUT2D eigenvalue weighted by Crippen LogP contribution is 2.29. The molecule has 6 atom stereocenters. The van der Waals surface area contributed by atoms with Gasteiger partial charge in [-0.15, -0.1) is 0 Å². The van der Waals surface area contributed by atoms with Crippen LogP contribution >= 0.6 is 0 Å². The molecule has 0 unspecified atom stereocenters. The van der Waals surface area contributed by atoms with Crippen molar-refractivity contribution in [2.24, 2.45) is 5.92 Å². The summed E-state index contributed by atoms with van der Waals surface area (Å²) in [7, 11) is 0. The summed E-state index contributed by atoms with van der Waals surface area (Å²) in [5.41, 5.74) is 0. The zero-order valence-corrected chi connectivity index (χ0v) is 26.9. The van der Waals surface area contributed by atoms with Crippen LogP contribution in [0.2, 0.25) is 0 Å². The van der Waals surface area contributed by atoms with E-state index in [1.807, 2.05) is 0 Å². The van der Waals surface area contributed by atoms with Gasteiger partial charge in [-0.05, 0) is 51.9 Å². The smallest absolute Gasteiger partial charge is 0.309 e. The fourth-order valence-corrected chi connectivity index (χ4v) is 6.53. The first-order valence-electron chi connectivity index (χ1n) is 17.5. The first kappa shape index (κ1) is 36.9. The number of hydrogen-bond acceptors (Lipinski definition) is 7. The van der Waals surface area contributed by atoms with Crippen LogP contribution in [0.15, 0.2) is 0 Å². The summed E-state index contributed by atoms with van der Waals surface area (Å²) in [6, 6.07) is 0. The van der Waals surface area contributed by atoms with Crippen molar-refractivity contribution in [1.82, 2.24) is 0 Å². The van der Waals surface area contributed by atoms with Gasteiger partial charge in [0.15, 0.2) is 0 Å². The number of aliphatic hydroxyl groups is 2. The monoisotopic (exact) mass is 594 g/mol. The van der Waals surface area contributed by atoms with Crippen molar-refractivity contribution in [2.75, 3.05) is 0 Å². The fraction of sp³-hybridized carbons (Fsp3) is 0.914. The van der Waals surface area contributed by atoms with E-state index in [0.29, 0.717) is 25.7 Å². The van der Waals surface area contributed by atoms with Gasteiger partial charge in [0.05, 0.1) is 30.3 Å². The van der Waals surface area contributed by atoms with E-state index in [1.165, 1.54) is 64.7 Å². The zero-order valence-electron chi connectivity index (χ0n) is 26.9. The maximum absolute atomic E-state index is 12.2. The van der Waals surface area contributed by atoms with Crippen LogP contribution in [-0.2, 0) is 23.9 Å². The standard InChI is InChI=1S/C35H62O7/c1-3-4-5-6-7-8-9-10-13-16-19-31(38)33-23-24-34(42-33)32(39)20-17-14-11-12-15-18-29(37)21-22-30-26-28(25-27(2)36)35(40)41-30/h28,30-34,38-39H,3-26H2,1-2H3/t28-,30-,31-,32-,33-,34-/m1/s1. The Labute approximate surface area is 255 Å². The molecule has 2 N–H and O–H groups in total. The van der Waals surface area contributed by atoms with Crippen molar-refractivity contribution in [3.05, 3.63) is 0 Å². The van der Waals surface area contributed by atoms with Crippen LogP contribution in [0.3, 0.4) is 0 Å². The maximum Gasteiger partial charge on any atom is 0.309 e. The molecule has 2 fully saturated rings. The number of carbonyl (C=O) groups is 3. The lowest BCUT2D eigenvalue weighted by molar-refractivity contribution is -0.145. The quantitative estimate of drug-likeness (QED) is 0.0785. The van der Waals surface area contributed by atoms with Gasteiger partial charge in [-0.2, -0.15) is 0 Å². The van der Waals surface area contributed by atoms with Crippen LogP contribution in [0.25, 0.3) is 0 Å². The van der Waals surface area contributed by atoms with E-state index in [1.54, 1.807) is 0 Å². The fourth-order valence-electron chi connectivity index (χ4n) is 6.53. The molecule has 7 heteroatoms. The Balaban J connectivity index is 1.41. The summed E-state index contributed by atoms with van der Waals surface area (Å²) in [5.74, 6) is -0.439. The third-order valence-corrected chi connectivity index (χ3v) is 9.20. The summed E-state index contributed by atoms with van der Waals surface area (Å²) < 4.78 is 11.4. The van der Waals surface area contributed by atoms with Gasteiger partial charge in [0.2, 0.25) is 0 Å². The number of unbranched alkanes of at least 4 members (excludes halogenated alkanes) is 13. The molecule has 2 rings (SSSR count). The van der Waals surface area contributed by atoms with Crippen LogP contribution in [0.5, 0.6) is 0 Å². The van der Waals surface area contributed by atoms with Crippen LogP contribution in [0.1, 0.15) is 168 Å². The van der Waals surface area contributed by atoms with Crippen molar-refractivity contribution in [1.29, 1.82) is 0 Å². The van der Waals surface area contributed by atoms with Crippen LogP contribution in [-0.4, -0.2) is 58.3 Å². The molecular weight excluding hydrogens is 532 g/mol. The van der Waals surface area contributed by atoms with Gasteiger partial charge in [0.25, 0.3) is 0 Å². The number of rotatable bonds is 26. The SMILES string of the molecule is CCCCCCCCCCCC[C@@H](O)[C@H]1CC[C@H]([C@H](O)CCCCCCCC(=O)CC[C@@H]2C[C@@H](CC(C)=O)C(=O)O2)O1. The normalized spacial score (nSPS) is 23.7. The summed E-state index contributed by atoms with van der Waals surface area (Å²) in [6.45, 7) is 3.74. The Bertz CT molecular complexity index is 754. The number of hydrogen-bond donors (Lipinski definition) is 2. The summed E-state index contributed by atoms with van der Waals surface area (Å²) >= 11 is 0. The Kier molecular flexibility index (Phi) is 19.5. The first-order valence-corrected chi connectivity index (χ1v) is 17.5. The van der Waals surface area contributed by atoms with E-state index in [2.05, 4.69) is 6.92 Å². The zero-order chi connectivity index (χ0) is 30.6. The highest BCUT2D eigenvalue weighted by atomic mass is 16.6. The summed E-state index contributed by atoms with van der Waals surface area (Å²) in [4.78, 5) is 35.3. The molecular formula is C35H62O7. The molecule has 42 heavy (non-hydrogen) atoms. The molecule has 0 saturated carbocycles. The average Bonchev–Trinajstić information content (AvgIpc) is 3.59. The molecule has 2 heterocycles. The molecule has 0 aromatic carbocycles. The average molecular weight is 595 g/mol. The number of esters is 1. The van der Waals surface area contributed by atoms with Crippen LogP contribution in [0.4, 0.5) is 0 Å². The molecule has 0 spiro atoms. The van der Waals surface area contributed by atoms with E-state index < -0.39 is 12.2 Å². The van der Waals surface area contributed by atoms with E-state index in [-0.39, 0.29) is 48.2 Å². The number of carbonyl (C=O) groups excluding carboxylic acids is 3. The lowest BCUT2D eigenvalue weighted by Gasteiger charge is -2.22. The molecule has 0 radical (unpaired) electrons. The van der Waals surface area contributed by atoms with Crippen molar-refractivity contribution in [3.8, 4) is 0 Å². The molecule has 244 valence electrons. The Hall–Kier alpha value is -1.31. The van der Waals surface area contributed by atoms with E-state index >= 15 is 0 Å². The third-order valence-electron chi connectivity index (χ3n) is 9.20. The van der Waals surface area contributed by atoms with Gasteiger partial charge in [-0.1, -0.05) is 96.8 Å². The second-order valence-corrected chi connectivity index (χ2v) is 13.2. The second kappa shape index (κ2) is 22.2. The summed E-state index contributed by atoms with van der Waals surface area (Å²) in [6.07, 6.45) is 21.8. The van der Waals surface area contributed by atoms with Gasteiger partial charge in [-0.3, -0.25) is 9.59 Å². The largest absolute Gasteiger partial charge is 0.462 e. The van der Waals surface area contributed by atoms with Crippen molar-refractivity contribution in [2.45, 2.75) is 198 Å². The van der Waals surface area contributed by atoms with Gasteiger partial charge in [0.1, 0.15) is 17.7 Å². The van der Waals surface area contributed by atoms with Gasteiger partial charge < -0.3 is 24.5 Å². The molecule has 0 aliphatic carbocycles. The molecule has 0 amide bonds. The van der Waals surface area contributed by atoms with Crippen molar-refractivity contribution >= 4 is 17.5 Å². The summed E-state index contributed by atoms with van der Waals surface area (Å²) in [5, 5.41) is 21.2. The predicted octanol–water partition coefficient (Wildman–Crippen LogP) is 7.56. The van der Waals surface area contributed by atoms with Crippen molar-refractivity contribution in [3.63, 3.8) is 0 Å². The molecule has 2 aliphatic heterocycles. The minimum Gasteiger partial charge on any atom is -0.462 e. The Morgan fingerprint density at radius 2 is 1.26 bits per heavy atom. The van der Waals surface area contributed by atoms with E-state index in [0.717, 1.165) is 64.2 Å². The lowest BCUT2D eigenvalue weighted by atomic mass is 9.96.